The largest absolute Gasteiger partial charge is 0.354 e. The number of aryl methyl sites for hydroxylation is 1. The summed E-state index contributed by atoms with van der Waals surface area (Å²) in [6, 6.07) is 30.8. The summed E-state index contributed by atoms with van der Waals surface area (Å²) in [6.07, 6.45) is 1.03. The van der Waals surface area contributed by atoms with Crippen LogP contribution < -0.4 is 9.62 Å². The molecule has 9 heteroatoms. The number of carbonyl (C=O) groups excluding carboxylic acids is 2. The molecule has 0 aliphatic heterocycles. The maximum atomic E-state index is 14.5. The fraction of sp³-hybridized carbons (Fsp3) is 0.278. The number of halogens is 1. The minimum Gasteiger partial charge on any atom is -0.354 e. The first-order chi connectivity index (χ1) is 21.6. The molecule has 4 aromatic carbocycles. The normalized spacial score (nSPS) is 12.0. The number of nitrogens with one attached hydrogen (secondary N) is 1. The third-order valence-corrected chi connectivity index (χ3v) is 9.50. The molecule has 4 rings (SSSR count). The molecule has 0 aliphatic carbocycles. The lowest BCUT2D eigenvalue weighted by molar-refractivity contribution is -0.140. The molecule has 0 saturated carbocycles. The van der Waals surface area contributed by atoms with Gasteiger partial charge in [0.15, 0.2) is 0 Å². The first kappa shape index (κ1) is 33.7. The number of carbonyl (C=O) groups is 2. The maximum Gasteiger partial charge on any atom is 0.264 e. The lowest BCUT2D eigenvalue weighted by Gasteiger charge is -2.34. The average Bonchev–Trinajstić information content (AvgIpc) is 3.05. The molecule has 0 fully saturated rings. The van der Waals surface area contributed by atoms with E-state index >= 15 is 0 Å². The van der Waals surface area contributed by atoms with E-state index in [1.165, 1.54) is 17.0 Å². The van der Waals surface area contributed by atoms with Gasteiger partial charge in [-0.25, -0.2) is 8.42 Å². The van der Waals surface area contributed by atoms with E-state index in [-0.39, 0.29) is 29.7 Å². The van der Waals surface area contributed by atoms with Crippen molar-refractivity contribution in [3.05, 3.63) is 131 Å². The van der Waals surface area contributed by atoms with Crippen LogP contribution in [0.2, 0.25) is 5.02 Å². The molecule has 236 valence electrons. The van der Waals surface area contributed by atoms with Gasteiger partial charge in [0, 0.05) is 24.5 Å². The van der Waals surface area contributed by atoms with Gasteiger partial charge < -0.3 is 10.2 Å². The van der Waals surface area contributed by atoms with E-state index in [1.54, 1.807) is 54.6 Å². The van der Waals surface area contributed by atoms with E-state index in [9.17, 15) is 18.0 Å². The topological polar surface area (TPSA) is 86.8 Å². The number of amides is 2. The number of hydrogen-bond donors (Lipinski definition) is 1. The second-order valence-corrected chi connectivity index (χ2v) is 13.6. The molecular weight excluding hydrogens is 606 g/mol. The van der Waals surface area contributed by atoms with E-state index in [0.717, 1.165) is 27.4 Å². The Hall–Kier alpha value is -4.14. The van der Waals surface area contributed by atoms with Crippen LogP contribution in [0.1, 0.15) is 37.5 Å². The predicted octanol–water partition coefficient (Wildman–Crippen LogP) is 6.51. The average molecular weight is 646 g/mol. The molecule has 0 aliphatic rings. The fourth-order valence-corrected chi connectivity index (χ4v) is 6.47. The number of hydrogen-bond acceptors (Lipinski definition) is 4. The maximum absolute atomic E-state index is 14.5. The summed E-state index contributed by atoms with van der Waals surface area (Å²) in [6.45, 7) is 6.03. The van der Waals surface area contributed by atoms with Crippen molar-refractivity contribution in [2.45, 2.75) is 51.1 Å². The summed E-state index contributed by atoms with van der Waals surface area (Å²) in [4.78, 5) is 29.9. The van der Waals surface area contributed by atoms with Crippen molar-refractivity contribution in [3.8, 4) is 0 Å². The van der Waals surface area contributed by atoms with Crippen LogP contribution in [-0.2, 0) is 39.0 Å². The van der Waals surface area contributed by atoms with Crippen molar-refractivity contribution in [1.29, 1.82) is 0 Å². The zero-order valence-electron chi connectivity index (χ0n) is 25.9. The Kier molecular flexibility index (Phi) is 11.8. The molecule has 1 unspecified atom stereocenters. The minimum absolute atomic E-state index is 0.0668. The Balaban J connectivity index is 1.78. The lowest BCUT2D eigenvalue weighted by atomic mass is 10.0. The van der Waals surface area contributed by atoms with Gasteiger partial charge >= 0.3 is 0 Å². The van der Waals surface area contributed by atoms with Crippen molar-refractivity contribution in [3.63, 3.8) is 0 Å². The van der Waals surface area contributed by atoms with Crippen LogP contribution in [0.3, 0.4) is 0 Å². The molecule has 0 spiro atoms. The van der Waals surface area contributed by atoms with E-state index in [4.69, 9.17) is 11.6 Å². The van der Waals surface area contributed by atoms with Gasteiger partial charge in [-0.15, -0.1) is 0 Å². The van der Waals surface area contributed by atoms with Gasteiger partial charge in [-0.3, -0.25) is 13.9 Å². The highest BCUT2D eigenvalue weighted by Gasteiger charge is 2.34. The number of anilines is 1. The van der Waals surface area contributed by atoms with E-state index in [2.05, 4.69) is 5.32 Å². The number of rotatable bonds is 14. The van der Waals surface area contributed by atoms with Crippen LogP contribution in [0, 0.1) is 5.92 Å². The smallest absolute Gasteiger partial charge is 0.264 e. The minimum atomic E-state index is -4.14. The Morgan fingerprint density at radius 3 is 1.93 bits per heavy atom. The Morgan fingerprint density at radius 2 is 1.36 bits per heavy atom. The highest BCUT2D eigenvalue weighted by atomic mass is 35.5. The summed E-state index contributed by atoms with van der Waals surface area (Å²) in [5.74, 6) is -0.617. The van der Waals surface area contributed by atoms with Crippen molar-refractivity contribution < 1.29 is 18.0 Å². The molecule has 0 saturated heterocycles. The summed E-state index contributed by atoms with van der Waals surface area (Å²) in [5, 5.41) is 3.54. The first-order valence-electron chi connectivity index (χ1n) is 15.1. The first-order valence-corrected chi connectivity index (χ1v) is 16.9. The number of nitrogens with zero attached hydrogens (tertiary/aromatic N) is 2. The Morgan fingerprint density at radius 1 is 0.778 bits per heavy atom. The fourth-order valence-electron chi connectivity index (χ4n) is 4.91. The van der Waals surface area contributed by atoms with Crippen LogP contribution in [0.4, 0.5) is 5.69 Å². The lowest BCUT2D eigenvalue weighted by Crippen LogP contribution is -2.53. The highest BCUT2D eigenvalue weighted by molar-refractivity contribution is 7.92. The number of sulfonamides is 1. The van der Waals surface area contributed by atoms with Gasteiger partial charge in [0.05, 0.1) is 10.6 Å². The molecule has 1 N–H and O–H groups in total. The third kappa shape index (κ3) is 9.19. The van der Waals surface area contributed by atoms with Gasteiger partial charge in [0.25, 0.3) is 10.0 Å². The summed E-state index contributed by atoms with van der Waals surface area (Å²) in [7, 11) is -4.14. The van der Waals surface area contributed by atoms with Crippen LogP contribution in [0.25, 0.3) is 0 Å². The number of benzene rings is 4. The van der Waals surface area contributed by atoms with Gasteiger partial charge in [-0.1, -0.05) is 105 Å². The van der Waals surface area contributed by atoms with E-state index in [1.807, 2.05) is 63.2 Å². The summed E-state index contributed by atoms with van der Waals surface area (Å²) >= 11 is 6.15. The highest BCUT2D eigenvalue weighted by Crippen LogP contribution is 2.26. The molecule has 0 radical (unpaired) electrons. The second kappa shape index (κ2) is 15.7. The predicted molar refractivity (Wildman–Crippen MR) is 181 cm³/mol. The van der Waals surface area contributed by atoms with Crippen LogP contribution in [0.5, 0.6) is 0 Å². The second-order valence-electron chi connectivity index (χ2n) is 11.3. The summed E-state index contributed by atoms with van der Waals surface area (Å²) in [5.41, 5.74) is 3.03. The van der Waals surface area contributed by atoms with Crippen molar-refractivity contribution in [2.24, 2.45) is 5.92 Å². The zero-order valence-corrected chi connectivity index (χ0v) is 27.5. The van der Waals surface area contributed by atoms with Gasteiger partial charge in [0.2, 0.25) is 11.8 Å². The Bertz CT molecular complexity index is 1650. The van der Waals surface area contributed by atoms with Crippen molar-refractivity contribution in [2.75, 3.05) is 17.4 Å². The molecule has 7 nitrogen and oxygen atoms in total. The molecule has 1 atom stereocenters. The quantitative estimate of drug-likeness (QED) is 0.169. The van der Waals surface area contributed by atoms with E-state index < -0.39 is 28.5 Å². The van der Waals surface area contributed by atoms with Crippen LogP contribution in [0.15, 0.2) is 114 Å². The van der Waals surface area contributed by atoms with Crippen LogP contribution in [-0.4, -0.2) is 44.3 Å². The zero-order chi connectivity index (χ0) is 32.4. The summed E-state index contributed by atoms with van der Waals surface area (Å²) < 4.78 is 29.3. The molecule has 0 aromatic heterocycles. The molecular formula is C36H40ClN3O4S. The molecule has 0 bridgehead atoms. The molecule has 2 amide bonds. The van der Waals surface area contributed by atoms with Crippen molar-refractivity contribution >= 4 is 39.1 Å². The van der Waals surface area contributed by atoms with Gasteiger partial charge in [-0.05, 0) is 65.4 Å². The third-order valence-electron chi connectivity index (χ3n) is 7.46. The van der Waals surface area contributed by atoms with Gasteiger partial charge in [0.1, 0.15) is 12.6 Å². The van der Waals surface area contributed by atoms with Crippen molar-refractivity contribution in [1.82, 2.24) is 10.2 Å². The van der Waals surface area contributed by atoms with E-state index in [0.29, 0.717) is 17.3 Å². The SMILES string of the molecule is CCc1ccc(N(CC(=O)N(Cc2ccc(Cl)cc2)C(Cc2ccccc2)C(=O)NCC(C)C)S(=O)(=O)c2ccccc2)cc1. The monoisotopic (exact) mass is 645 g/mol. The molecule has 45 heavy (non-hydrogen) atoms. The molecule has 4 aromatic rings. The van der Waals surface area contributed by atoms with Crippen LogP contribution >= 0.6 is 11.6 Å². The molecule has 0 heterocycles. The van der Waals surface area contributed by atoms with Gasteiger partial charge in [-0.2, -0.15) is 0 Å². The Labute approximate surface area is 271 Å². The standard InChI is InChI=1S/C36H40ClN3O4S/c1-4-28-17-21-32(22-18-28)40(45(43,44)33-13-9-6-10-14-33)26-35(41)39(25-30-15-19-31(37)20-16-30)34(36(42)38-24-27(2)3)23-29-11-7-5-8-12-29/h5-22,27,34H,4,23-26H2,1-3H3,(H,38,42).